The van der Waals surface area contributed by atoms with Crippen molar-refractivity contribution in [1.82, 2.24) is 24.7 Å². The van der Waals surface area contributed by atoms with E-state index in [0.717, 1.165) is 25.8 Å². The minimum atomic E-state index is -0.0528. The third-order valence-electron chi connectivity index (χ3n) is 4.21. The van der Waals surface area contributed by atoms with Crippen LogP contribution >= 0.6 is 23.1 Å². The van der Waals surface area contributed by atoms with Crippen LogP contribution in [0.3, 0.4) is 0 Å². The van der Waals surface area contributed by atoms with Gasteiger partial charge in [0.1, 0.15) is 17.0 Å². The van der Waals surface area contributed by atoms with Crippen LogP contribution in [0.15, 0.2) is 16.3 Å². The Morgan fingerprint density at radius 1 is 1.43 bits per heavy atom. The molecule has 1 fully saturated rings. The first-order valence-electron chi connectivity index (χ1n) is 7.60. The topological polar surface area (TPSA) is 76.5 Å². The molecule has 3 aromatic rings. The fourth-order valence-corrected chi connectivity index (χ4v) is 4.59. The number of fused-ring (bicyclic) bond motifs is 1. The second-order valence-electron chi connectivity index (χ2n) is 5.93. The van der Waals surface area contributed by atoms with E-state index in [-0.39, 0.29) is 10.8 Å². The average Bonchev–Trinajstić information content (AvgIpc) is 3.18. The Hall–Kier alpha value is -1.67. The zero-order valence-corrected chi connectivity index (χ0v) is 14.8. The first kappa shape index (κ1) is 14.9. The van der Waals surface area contributed by atoms with Crippen LogP contribution in [0, 0.1) is 13.8 Å². The molecule has 1 aliphatic carbocycles. The van der Waals surface area contributed by atoms with Gasteiger partial charge in [-0.15, -0.1) is 21.5 Å². The predicted molar refractivity (Wildman–Crippen MR) is 92.3 cm³/mol. The first-order chi connectivity index (χ1) is 11.0. The molecular formula is C15H17N5OS2. The summed E-state index contributed by atoms with van der Waals surface area (Å²) in [6.07, 6.45) is 4.17. The number of aromatic nitrogens is 5. The molecule has 1 atom stereocenters. The van der Waals surface area contributed by atoms with Gasteiger partial charge in [0.25, 0.3) is 5.56 Å². The van der Waals surface area contributed by atoms with E-state index in [9.17, 15) is 4.79 Å². The Morgan fingerprint density at radius 3 is 2.96 bits per heavy atom. The number of hydrogen-bond donors (Lipinski definition) is 1. The maximum absolute atomic E-state index is 12.4. The second kappa shape index (κ2) is 5.45. The van der Waals surface area contributed by atoms with Crippen molar-refractivity contribution in [2.24, 2.45) is 0 Å². The molecule has 3 aromatic heterocycles. The standard InChI is InChI=1S/C15H17N5OS2/c1-7-8(2)22-14-11(7)13(21)17-12(18-14)9(3)23-15-19-16-6-20(15)10-4-5-10/h6,9-10H,4-5H2,1-3H3,(H,17,18,21)/t9-/m1/s1. The molecule has 6 nitrogen and oxygen atoms in total. The quantitative estimate of drug-likeness (QED) is 0.732. The van der Waals surface area contributed by atoms with Crippen LogP contribution in [0.25, 0.3) is 10.2 Å². The third kappa shape index (κ3) is 2.59. The Labute approximate surface area is 141 Å². The lowest BCUT2D eigenvalue weighted by Crippen LogP contribution is -2.12. The van der Waals surface area contributed by atoms with Gasteiger partial charge in [0.15, 0.2) is 5.16 Å². The van der Waals surface area contributed by atoms with Crippen LogP contribution in [-0.2, 0) is 0 Å². The van der Waals surface area contributed by atoms with Crippen molar-refractivity contribution in [3.05, 3.63) is 32.9 Å². The van der Waals surface area contributed by atoms with Crippen LogP contribution in [0.2, 0.25) is 0 Å². The highest BCUT2D eigenvalue weighted by Gasteiger charge is 2.27. The fraction of sp³-hybridized carbons (Fsp3) is 0.467. The van der Waals surface area contributed by atoms with Crippen molar-refractivity contribution in [3.63, 3.8) is 0 Å². The van der Waals surface area contributed by atoms with Gasteiger partial charge < -0.3 is 9.55 Å². The lowest BCUT2D eigenvalue weighted by atomic mass is 10.2. The van der Waals surface area contributed by atoms with Gasteiger partial charge in [-0.25, -0.2) is 4.98 Å². The van der Waals surface area contributed by atoms with Crippen LogP contribution < -0.4 is 5.56 Å². The number of thiophene rings is 1. The molecule has 0 saturated heterocycles. The Morgan fingerprint density at radius 2 is 2.22 bits per heavy atom. The lowest BCUT2D eigenvalue weighted by molar-refractivity contribution is 0.661. The Balaban J connectivity index is 1.68. The number of thioether (sulfide) groups is 1. The van der Waals surface area contributed by atoms with Gasteiger partial charge >= 0.3 is 0 Å². The number of nitrogens with zero attached hydrogens (tertiary/aromatic N) is 4. The molecule has 0 spiro atoms. The number of aromatic amines is 1. The lowest BCUT2D eigenvalue weighted by Gasteiger charge is -2.10. The fourth-order valence-electron chi connectivity index (χ4n) is 2.60. The zero-order chi connectivity index (χ0) is 16.1. The molecule has 0 aliphatic heterocycles. The smallest absolute Gasteiger partial charge is 0.259 e. The molecule has 23 heavy (non-hydrogen) atoms. The average molecular weight is 347 g/mol. The zero-order valence-electron chi connectivity index (χ0n) is 13.2. The molecule has 1 saturated carbocycles. The third-order valence-corrected chi connectivity index (χ3v) is 6.39. The number of hydrogen-bond acceptors (Lipinski definition) is 6. The maximum Gasteiger partial charge on any atom is 0.259 e. The van der Waals surface area contributed by atoms with Crippen LogP contribution in [0.1, 0.15) is 47.3 Å². The van der Waals surface area contributed by atoms with Gasteiger partial charge in [-0.05, 0) is 39.2 Å². The summed E-state index contributed by atoms with van der Waals surface area (Å²) in [5.74, 6) is 0.694. The summed E-state index contributed by atoms with van der Waals surface area (Å²) in [7, 11) is 0. The molecule has 3 heterocycles. The minimum Gasteiger partial charge on any atom is -0.309 e. The van der Waals surface area contributed by atoms with Crippen molar-refractivity contribution in [2.75, 3.05) is 0 Å². The van der Waals surface area contributed by atoms with E-state index >= 15 is 0 Å². The monoisotopic (exact) mass is 347 g/mol. The normalized spacial score (nSPS) is 16.1. The van der Waals surface area contributed by atoms with E-state index in [4.69, 9.17) is 0 Å². The van der Waals surface area contributed by atoms with E-state index in [0.29, 0.717) is 11.9 Å². The SMILES string of the molecule is Cc1sc2nc([C@@H](C)Sc3nncn3C3CC3)[nH]c(=O)c2c1C. The van der Waals surface area contributed by atoms with Gasteiger partial charge in [0.05, 0.1) is 10.6 Å². The van der Waals surface area contributed by atoms with Gasteiger partial charge in [0.2, 0.25) is 0 Å². The van der Waals surface area contributed by atoms with Crippen LogP contribution in [0.5, 0.6) is 0 Å². The van der Waals surface area contributed by atoms with E-state index in [1.807, 2.05) is 20.8 Å². The number of nitrogens with one attached hydrogen (secondary N) is 1. The number of rotatable bonds is 4. The Kier molecular flexibility index (Phi) is 3.53. The van der Waals surface area contributed by atoms with Crippen LogP contribution in [-0.4, -0.2) is 24.7 Å². The molecule has 8 heteroatoms. The highest BCUT2D eigenvalue weighted by molar-refractivity contribution is 7.99. The van der Waals surface area contributed by atoms with Crippen molar-refractivity contribution in [2.45, 2.75) is 50.1 Å². The van der Waals surface area contributed by atoms with E-state index < -0.39 is 0 Å². The summed E-state index contributed by atoms with van der Waals surface area (Å²) < 4.78 is 2.12. The summed E-state index contributed by atoms with van der Waals surface area (Å²) in [6.45, 7) is 6.03. The number of H-pyrrole nitrogens is 1. The van der Waals surface area contributed by atoms with E-state index in [1.165, 1.54) is 12.8 Å². The summed E-state index contributed by atoms with van der Waals surface area (Å²) >= 11 is 3.16. The predicted octanol–water partition coefficient (Wildman–Crippen LogP) is 3.38. The summed E-state index contributed by atoms with van der Waals surface area (Å²) in [4.78, 5) is 22.0. The summed E-state index contributed by atoms with van der Waals surface area (Å²) in [6, 6.07) is 0.539. The molecule has 0 unspecified atom stereocenters. The van der Waals surface area contributed by atoms with Gasteiger partial charge in [0, 0.05) is 10.9 Å². The van der Waals surface area contributed by atoms with Gasteiger partial charge in [-0.1, -0.05) is 11.8 Å². The van der Waals surface area contributed by atoms with Crippen molar-refractivity contribution < 1.29 is 0 Å². The minimum absolute atomic E-state index is 0.0107. The maximum atomic E-state index is 12.4. The van der Waals surface area contributed by atoms with Crippen molar-refractivity contribution >= 4 is 33.3 Å². The molecule has 1 aliphatic rings. The summed E-state index contributed by atoms with van der Waals surface area (Å²) in [5.41, 5.74) is 0.974. The van der Waals surface area contributed by atoms with Crippen molar-refractivity contribution in [3.8, 4) is 0 Å². The molecule has 0 aromatic carbocycles. The van der Waals surface area contributed by atoms with E-state index in [2.05, 4.69) is 24.7 Å². The molecule has 0 bridgehead atoms. The van der Waals surface area contributed by atoms with E-state index in [1.54, 1.807) is 29.4 Å². The molecule has 4 rings (SSSR count). The Bertz CT molecular complexity index is 937. The highest BCUT2D eigenvalue weighted by Crippen LogP contribution is 2.40. The molecule has 1 N–H and O–H groups in total. The molecular weight excluding hydrogens is 330 g/mol. The highest BCUT2D eigenvalue weighted by atomic mass is 32.2. The molecule has 0 amide bonds. The second-order valence-corrected chi connectivity index (χ2v) is 8.44. The largest absolute Gasteiger partial charge is 0.309 e. The van der Waals surface area contributed by atoms with Gasteiger partial charge in [-0.2, -0.15) is 0 Å². The summed E-state index contributed by atoms with van der Waals surface area (Å²) in [5, 5.41) is 9.84. The van der Waals surface area contributed by atoms with Crippen molar-refractivity contribution in [1.29, 1.82) is 0 Å². The molecule has 0 radical (unpaired) electrons. The first-order valence-corrected chi connectivity index (χ1v) is 9.30. The van der Waals surface area contributed by atoms with Crippen LogP contribution in [0.4, 0.5) is 0 Å². The van der Waals surface area contributed by atoms with Gasteiger partial charge in [-0.3, -0.25) is 4.79 Å². The number of aryl methyl sites for hydroxylation is 2. The molecule has 120 valence electrons.